The van der Waals surface area contributed by atoms with E-state index in [0.717, 1.165) is 6.42 Å². The largest absolute Gasteiger partial charge is 0.355 e. The number of carbonyl (C=O) groups is 1. The molecule has 18 heavy (non-hydrogen) atoms. The van der Waals surface area contributed by atoms with Crippen molar-refractivity contribution in [2.75, 3.05) is 13.1 Å². The Hall–Kier alpha value is -1.42. The number of nitrogens with one attached hydrogen (secondary N) is 1. The third-order valence-corrected chi connectivity index (χ3v) is 2.89. The van der Waals surface area contributed by atoms with Gasteiger partial charge >= 0.3 is 0 Å². The molecule has 0 spiro atoms. The molecule has 0 radical (unpaired) electrons. The van der Waals surface area contributed by atoms with Crippen molar-refractivity contribution in [3.8, 4) is 0 Å². The maximum Gasteiger partial charge on any atom is 0.224 e. The van der Waals surface area contributed by atoms with E-state index in [4.69, 9.17) is 5.73 Å². The van der Waals surface area contributed by atoms with E-state index < -0.39 is 0 Å². The summed E-state index contributed by atoms with van der Waals surface area (Å²) in [5, 5.41) is 2.82. The summed E-state index contributed by atoms with van der Waals surface area (Å²) in [4.78, 5) is 11.7. The number of amides is 1. The molecule has 0 bridgehead atoms. The van der Waals surface area contributed by atoms with Crippen molar-refractivity contribution in [3.63, 3.8) is 0 Å². The van der Waals surface area contributed by atoms with Crippen LogP contribution in [0.25, 0.3) is 0 Å². The lowest BCUT2D eigenvalue weighted by molar-refractivity contribution is -0.120. The summed E-state index contributed by atoms with van der Waals surface area (Å²) in [7, 11) is 0. The van der Waals surface area contributed by atoms with Gasteiger partial charge in [0.15, 0.2) is 0 Å². The molecule has 0 saturated carbocycles. The van der Waals surface area contributed by atoms with Gasteiger partial charge in [-0.25, -0.2) is 4.39 Å². The molecular formula is C14H21FN2O. The minimum absolute atomic E-state index is 0.0281. The zero-order valence-electron chi connectivity index (χ0n) is 11.0. The molecule has 0 aliphatic heterocycles. The van der Waals surface area contributed by atoms with Crippen LogP contribution in [0.5, 0.6) is 0 Å². The summed E-state index contributed by atoms with van der Waals surface area (Å²) in [6.07, 6.45) is 0.915. The molecule has 0 aliphatic carbocycles. The van der Waals surface area contributed by atoms with Crippen molar-refractivity contribution in [2.24, 2.45) is 11.1 Å². The summed E-state index contributed by atoms with van der Waals surface area (Å²) >= 11 is 0. The minimum Gasteiger partial charge on any atom is -0.355 e. The summed E-state index contributed by atoms with van der Waals surface area (Å²) in [5.74, 6) is -0.501. The van der Waals surface area contributed by atoms with E-state index in [0.29, 0.717) is 18.7 Å². The third kappa shape index (κ3) is 4.84. The van der Waals surface area contributed by atoms with Gasteiger partial charge in [0.2, 0.25) is 5.91 Å². The highest BCUT2D eigenvalue weighted by molar-refractivity contribution is 5.78. The second kappa shape index (κ2) is 6.50. The minimum atomic E-state index is -0.339. The molecule has 0 fully saturated rings. The molecule has 1 aromatic carbocycles. The molecule has 0 aromatic heterocycles. The summed E-state index contributed by atoms with van der Waals surface area (Å²) < 4.78 is 13.3. The van der Waals surface area contributed by atoms with Crippen LogP contribution in [0.4, 0.5) is 4.39 Å². The molecule has 1 amide bonds. The zero-order chi connectivity index (χ0) is 13.6. The maximum absolute atomic E-state index is 13.3. The molecule has 3 nitrogen and oxygen atoms in total. The third-order valence-electron chi connectivity index (χ3n) is 2.89. The van der Waals surface area contributed by atoms with Gasteiger partial charge < -0.3 is 11.1 Å². The number of halogens is 1. The van der Waals surface area contributed by atoms with E-state index >= 15 is 0 Å². The highest BCUT2D eigenvalue weighted by Crippen LogP contribution is 2.17. The fraction of sp³-hybridized carbons (Fsp3) is 0.500. The molecule has 0 heterocycles. The van der Waals surface area contributed by atoms with E-state index in [1.165, 1.54) is 6.07 Å². The van der Waals surface area contributed by atoms with Crippen LogP contribution in [0.15, 0.2) is 24.3 Å². The Morgan fingerprint density at radius 1 is 1.39 bits per heavy atom. The molecule has 0 aliphatic rings. The quantitative estimate of drug-likeness (QED) is 0.812. The van der Waals surface area contributed by atoms with Crippen molar-refractivity contribution in [1.82, 2.24) is 5.32 Å². The van der Waals surface area contributed by atoms with Crippen LogP contribution in [0.2, 0.25) is 0 Å². The highest BCUT2D eigenvalue weighted by atomic mass is 19.1. The first-order valence-corrected chi connectivity index (χ1v) is 6.15. The number of hydrogen-bond acceptors (Lipinski definition) is 2. The Kier molecular flexibility index (Phi) is 5.28. The molecule has 0 saturated heterocycles. The van der Waals surface area contributed by atoms with E-state index in [2.05, 4.69) is 5.32 Å². The fourth-order valence-corrected chi connectivity index (χ4v) is 1.69. The average Bonchev–Trinajstić information content (AvgIpc) is 2.30. The summed E-state index contributed by atoms with van der Waals surface area (Å²) in [5.41, 5.74) is 5.90. The monoisotopic (exact) mass is 252 g/mol. The van der Waals surface area contributed by atoms with Crippen LogP contribution < -0.4 is 11.1 Å². The lowest BCUT2D eigenvalue weighted by Crippen LogP contribution is -2.36. The average molecular weight is 252 g/mol. The first-order valence-electron chi connectivity index (χ1n) is 6.15. The molecular weight excluding hydrogens is 231 g/mol. The van der Waals surface area contributed by atoms with E-state index in [9.17, 15) is 9.18 Å². The maximum atomic E-state index is 13.3. The van der Waals surface area contributed by atoms with Gasteiger partial charge in [-0.3, -0.25) is 4.79 Å². The number of nitrogens with two attached hydrogens (primary N) is 1. The number of hydrogen-bond donors (Lipinski definition) is 2. The zero-order valence-corrected chi connectivity index (χ0v) is 11.0. The van der Waals surface area contributed by atoms with Gasteiger partial charge in [0.05, 0.1) is 6.42 Å². The number of benzene rings is 1. The Bertz CT molecular complexity index is 405. The van der Waals surface area contributed by atoms with Gasteiger partial charge in [0.1, 0.15) is 5.82 Å². The van der Waals surface area contributed by atoms with Crippen molar-refractivity contribution in [3.05, 3.63) is 35.6 Å². The lowest BCUT2D eigenvalue weighted by Gasteiger charge is -2.24. The predicted molar refractivity (Wildman–Crippen MR) is 70.6 cm³/mol. The van der Waals surface area contributed by atoms with Crippen molar-refractivity contribution in [2.45, 2.75) is 26.7 Å². The van der Waals surface area contributed by atoms with Crippen LogP contribution in [0.3, 0.4) is 0 Å². The van der Waals surface area contributed by atoms with Crippen molar-refractivity contribution < 1.29 is 9.18 Å². The SMILES string of the molecule is CC(C)(CCN)CNC(=O)Cc1ccccc1F. The van der Waals surface area contributed by atoms with E-state index in [1.807, 2.05) is 13.8 Å². The normalized spacial score (nSPS) is 11.3. The summed E-state index contributed by atoms with van der Waals surface area (Å²) in [6.45, 7) is 5.24. The first-order chi connectivity index (χ1) is 8.44. The van der Waals surface area contributed by atoms with Gasteiger partial charge in [0.25, 0.3) is 0 Å². The molecule has 4 heteroatoms. The van der Waals surface area contributed by atoms with Gasteiger partial charge in [-0.05, 0) is 30.0 Å². The number of rotatable bonds is 6. The smallest absolute Gasteiger partial charge is 0.224 e. The van der Waals surface area contributed by atoms with Crippen LogP contribution in [0, 0.1) is 11.2 Å². The van der Waals surface area contributed by atoms with Gasteiger partial charge in [-0.1, -0.05) is 32.0 Å². The number of carbonyl (C=O) groups excluding carboxylic acids is 1. The van der Waals surface area contributed by atoms with Gasteiger partial charge in [-0.15, -0.1) is 0 Å². The van der Waals surface area contributed by atoms with Crippen LogP contribution in [0.1, 0.15) is 25.8 Å². The van der Waals surface area contributed by atoms with Crippen molar-refractivity contribution >= 4 is 5.91 Å². The Balaban J connectivity index is 2.46. The van der Waals surface area contributed by atoms with Crippen LogP contribution in [-0.4, -0.2) is 19.0 Å². The standard InChI is InChI=1S/C14H21FN2O/c1-14(2,7-8-16)10-17-13(18)9-11-5-3-4-6-12(11)15/h3-6H,7-10,16H2,1-2H3,(H,17,18). The van der Waals surface area contributed by atoms with E-state index in [-0.39, 0.29) is 23.6 Å². The summed E-state index contributed by atoms with van der Waals surface area (Å²) in [6, 6.07) is 6.33. The molecule has 0 atom stereocenters. The van der Waals surface area contributed by atoms with Crippen LogP contribution >= 0.6 is 0 Å². The Morgan fingerprint density at radius 2 is 2.06 bits per heavy atom. The van der Waals surface area contributed by atoms with E-state index in [1.54, 1.807) is 18.2 Å². The van der Waals surface area contributed by atoms with Gasteiger partial charge in [0, 0.05) is 6.54 Å². The van der Waals surface area contributed by atoms with Crippen molar-refractivity contribution in [1.29, 1.82) is 0 Å². The predicted octanol–water partition coefficient (Wildman–Crippen LogP) is 1.86. The highest BCUT2D eigenvalue weighted by Gasteiger charge is 2.18. The van der Waals surface area contributed by atoms with Crippen LogP contribution in [-0.2, 0) is 11.2 Å². The molecule has 1 aromatic rings. The molecule has 3 N–H and O–H groups in total. The molecule has 100 valence electrons. The first kappa shape index (κ1) is 14.6. The fourth-order valence-electron chi connectivity index (χ4n) is 1.69. The second-order valence-electron chi connectivity index (χ2n) is 5.25. The topological polar surface area (TPSA) is 55.1 Å². The Labute approximate surface area is 108 Å². The Morgan fingerprint density at radius 3 is 2.67 bits per heavy atom. The lowest BCUT2D eigenvalue weighted by atomic mass is 9.89. The molecule has 0 unspecified atom stereocenters. The van der Waals surface area contributed by atoms with Gasteiger partial charge in [-0.2, -0.15) is 0 Å². The second-order valence-corrected chi connectivity index (χ2v) is 5.25. The molecule has 1 rings (SSSR count).